The predicted molar refractivity (Wildman–Crippen MR) is 68.7 cm³/mol. The molecule has 0 aromatic heterocycles. The lowest BCUT2D eigenvalue weighted by molar-refractivity contribution is -0.122. The summed E-state index contributed by atoms with van der Waals surface area (Å²) in [7, 11) is 0. The third-order valence-corrected chi connectivity index (χ3v) is 3.91. The minimum atomic E-state index is 0.0000447. The normalized spacial score (nSPS) is 23.9. The average Bonchev–Trinajstić information content (AvgIpc) is 2.72. The summed E-state index contributed by atoms with van der Waals surface area (Å²) in [4.78, 5) is 12.0. The average molecular weight is 273 g/mol. The van der Waals surface area contributed by atoms with Gasteiger partial charge in [0.2, 0.25) is 0 Å². The first-order valence-electron chi connectivity index (χ1n) is 5.65. The monoisotopic (exact) mass is 272 g/mol. The zero-order chi connectivity index (χ0) is 12.4. The van der Waals surface area contributed by atoms with Crippen LogP contribution in [0.3, 0.4) is 0 Å². The summed E-state index contributed by atoms with van der Waals surface area (Å²) in [6.45, 7) is 2.51. The Bertz CT molecular complexity index is 431. The topological polar surface area (TPSA) is 26.3 Å². The summed E-state index contributed by atoms with van der Waals surface area (Å²) >= 11 is 12.0. The molecule has 0 saturated carbocycles. The molecule has 1 aliphatic heterocycles. The highest BCUT2D eigenvalue weighted by atomic mass is 35.5. The molecule has 2 rings (SSSR count). The van der Waals surface area contributed by atoms with Crippen molar-refractivity contribution in [1.82, 2.24) is 0 Å². The summed E-state index contributed by atoms with van der Waals surface area (Å²) in [6, 6.07) is 5.37. The van der Waals surface area contributed by atoms with Crippen molar-refractivity contribution < 1.29 is 9.53 Å². The minimum Gasteiger partial charge on any atom is -0.378 e. The lowest BCUT2D eigenvalue weighted by atomic mass is 9.96. The number of ether oxygens (including phenoxy) is 1. The van der Waals surface area contributed by atoms with E-state index in [-0.39, 0.29) is 17.8 Å². The van der Waals surface area contributed by atoms with Gasteiger partial charge in [-0.25, -0.2) is 0 Å². The zero-order valence-corrected chi connectivity index (χ0v) is 11.1. The van der Waals surface area contributed by atoms with E-state index in [1.54, 1.807) is 6.07 Å². The van der Waals surface area contributed by atoms with Crippen LogP contribution < -0.4 is 0 Å². The molecular weight excluding hydrogens is 259 g/mol. The number of rotatable bonds is 3. The second kappa shape index (κ2) is 5.38. The van der Waals surface area contributed by atoms with Crippen molar-refractivity contribution in [3.8, 4) is 0 Å². The fraction of sp³-hybridized carbons (Fsp3) is 0.462. The molecule has 0 radical (unpaired) electrons. The van der Waals surface area contributed by atoms with Crippen LogP contribution in [0.15, 0.2) is 18.2 Å². The van der Waals surface area contributed by atoms with E-state index in [0.29, 0.717) is 23.1 Å². The van der Waals surface area contributed by atoms with Crippen LogP contribution in [0.1, 0.15) is 18.9 Å². The number of ketones is 1. The van der Waals surface area contributed by atoms with E-state index < -0.39 is 0 Å². The maximum Gasteiger partial charge on any atom is 0.142 e. The van der Waals surface area contributed by atoms with Crippen LogP contribution in [0.2, 0.25) is 10.0 Å². The van der Waals surface area contributed by atoms with Crippen molar-refractivity contribution in [3.05, 3.63) is 33.8 Å². The molecule has 0 aliphatic carbocycles. The molecule has 17 heavy (non-hydrogen) atoms. The van der Waals surface area contributed by atoms with E-state index >= 15 is 0 Å². The number of benzene rings is 1. The number of halogens is 2. The Labute approximate surface area is 111 Å². The van der Waals surface area contributed by atoms with Crippen LogP contribution >= 0.6 is 23.2 Å². The Hall–Kier alpha value is -0.570. The molecule has 92 valence electrons. The van der Waals surface area contributed by atoms with Gasteiger partial charge >= 0.3 is 0 Å². The molecule has 0 N–H and O–H groups in total. The van der Waals surface area contributed by atoms with Gasteiger partial charge in [0.15, 0.2) is 0 Å². The van der Waals surface area contributed by atoms with Crippen LogP contribution in [0.5, 0.6) is 0 Å². The lowest BCUT2D eigenvalue weighted by Crippen LogP contribution is -2.17. The molecule has 2 nitrogen and oxygen atoms in total. The highest BCUT2D eigenvalue weighted by Crippen LogP contribution is 2.28. The Morgan fingerprint density at radius 1 is 1.47 bits per heavy atom. The number of carbonyl (C=O) groups is 1. The fourth-order valence-electron chi connectivity index (χ4n) is 2.06. The highest BCUT2D eigenvalue weighted by Gasteiger charge is 2.28. The van der Waals surface area contributed by atoms with Gasteiger partial charge in [-0.2, -0.15) is 0 Å². The lowest BCUT2D eigenvalue weighted by Gasteiger charge is -2.08. The molecule has 1 fully saturated rings. The first kappa shape index (κ1) is 12.9. The first-order chi connectivity index (χ1) is 8.08. The molecular formula is C13H14Cl2O2. The smallest absolute Gasteiger partial charge is 0.142 e. The number of hydrogen-bond acceptors (Lipinski definition) is 2. The predicted octanol–water partition coefficient (Wildman–Crippen LogP) is 3.53. The Morgan fingerprint density at radius 3 is 2.88 bits per heavy atom. The third-order valence-electron chi connectivity index (χ3n) is 3.05. The Morgan fingerprint density at radius 2 is 2.24 bits per heavy atom. The quantitative estimate of drug-likeness (QED) is 0.842. The van der Waals surface area contributed by atoms with Crippen molar-refractivity contribution >= 4 is 29.0 Å². The van der Waals surface area contributed by atoms with E-state index in [4.69, 9.17) is 27.9 Å². The molecule has 0 amide bonds. The second-order valence-corrected chi connectivity index (χ2v) is 5.22. The van der Waals surface area contributed by atoms with Crippen molar-refractivity contribution in [2.24, 2.45) is 5.92 Å². The van der Waals surface area contributed by atoms with Gasteiger partial charge in [0.1, 0.15) is 5.78 Å². The van der Waals surface area contributed by atoms with Gasteiger partial charge in [-0.1, -0.05) is 35.3 Å². The van der Waals surface area contributed by atoms with Gasteiger partial charge < -0.3 is 4.74 Å². The molecule has 2 unspecified atom stereocenters. The maximum atomic E-state index is 12.0. The summed E-state index contributed by atoms with van der Waals surface area (Å²) in [5.41, 5.74) is 0.795. The van der Waals surface area contributed by atoms with E-state index in [2.05, 4.69) is 0 Å². The molecule has 1 aromatic carbocycles. The fourth-order valence-corrected chi connectivity index (χ4v) is 2.45. The van der Waals surface area contributed by atoms with Crippen molar-refractivity contribution in [3.63, 3.8) is 0 Å². The SMILES string of the molecule is CC1CC(C(=O)Cc2cccc(Cl)c2Cl)CO1. The van der Waals surface area contributed by atoms with Crippen LogP contribution in [-0.4, -0.2) is 18.5 Å². The van der Waals surface area contributed by atoms with Gasteiger partial charge in [-0.3, -0.25) is 4.79 Å². The molecule has 1 saturated heterocycles. The number of carbonyl (C=O) groups excluding carboxylic acids is 1. The standard InChI is InChI=1S/C13H14Cl2O2/c1-8-5-10(7-17-8)12(16)6-9-3-2-4-11(14)13(9)15/h2-4,8,10H,5-7H2,1H3. The third kappa shape index (κ3) is 3.01. The van der Waals surface area contributed by atoms with Gasteiger partial charge in [0.05, 0.1) is 22.8 Å². The van der Waals surface area contributed by atoms with Gasteiger partial charge in [0, 0.05) is 12.3 Å². The highest BCUT2D eigenvalue weighted by molar-refractivity contribution is 6.42. The molecule has 1 heterocycles. The van der Waals surface area contributed by atoms with Crippen LogP contribution in [0.25, 0.3) is 0 Å². The summed E-state index contributed by atoms with van der Waals surface area (Å²) in [5.74, 6) is 0.179. The molecule has 2 atom stereocenters. The van der Waals surface area contributed by atoms with Crippen LogP contribution in [-0.2, 0) is 16.0 Å². The molecule has 0 bridgehead atoms. The van der Waals surface area contributed by atoms with E-state index in [1.165, 1.54) is 0 Å². The van der Waals surface area contributed by atoms with Gasteiger partial charge in [-0.05, 0) is 25.0 Å². The Kier molecular flexibility index (Phi) is 4.08. The van der Waals surface area contributed by atoms with E-state index in [0.717, 1.165) is 12.0 Å². The minimum absolute atomic E-state index is 0.0000447. The zero-order valence-electron chi connectivity index (χ0n) is 9.58. The second-order valence-electron chi connectivity index (χ2n) is 4.43. The van der Waals surface area contributed by atoms with Crippen molar-refractivity contribution in [2.75, 3.05) is 6.61 Å². The van der Waals surface area contributed by atoms with Crippen LogP contribution in [0.4, 0.5) is 0 Å². The number of hydrogen-bond donors (Lipinski definition) is 0. The van der Waals surface area contributed by atoms with Gasteiger partial charge in [-0.15, -0.1) is 0 Å². The number of Topliss-reactive ketones (excluding diaryl/α,β-unsaturated/α-hetero) is 1. The van der Waals surface area contributed by atoms with Crippen molar-refractivity contribution in [1.29, 1.82) is 0 Å². The molecule has 4 heteroatoms. The summed E-state index contributed by atoms with van der Waals surface area (Å²) in [6.07, 6.45) is 1.32. The van der Waals surface area contributed by atoms with Gasteiger partial charge in [0.25, 0.3) is 0 Å². The first-order valence-corrected chi connectivity index (χ1v) is 6.40. The molecule has 1 aromatic rings. The molecule has 0 spiro atoms. The molecule has 1 aliphatic rings. The van der Waals surface area contributed by atoms with Crippen LogP contribution in [0, 0.1) is 5.92 Å². The van der Waals surface area contributed by atoms with E-state index in [1.807, 2.05) is 19.1 Å². The summed E-state index contributed by atoms with van der Waals surface area (Å²) < 4.78 is 5.40. The summed E-state index contributed by atoms with van der Waals surface area (Å²) in [5, 5.41) is 0.975. The largest absolute Gasteiger partial charge is 0.378 e. The Balaban J connectivity index is 2.06. The maximum absolute atomic E-state index is 12.0. The van der Waals surface area contributed by atoms with Crippen molar-refractivity contribution in [2.45, 2.75) is 25.9 Å². The van der Waals surface area contributed by atoms with E-state index in [9.17, 15) is 4.79 Å².